The molecule has 156 valence electrons. The zero-order valence-electron chi connectivity index (χ0n) is 17.1. The number of carbonyl (C=O) groups is 1. The van der Waals surface area contributed by atoms with E-state index in [1.165, 1.54) is 5.56 Å². The lowest BCUT2D eigenvalue weighted by Gasteiger charge is -2.47. The van der Waals surface area contributed by atoms with E-state index in [9.17, 15) is 4.79 Å². The second-order valence-electron chi connectivity index (χ2n) is 8.15. The molecule has 7 nitrogen and oxygen atoms in total. The Labute approximate surface area is 175 Å². The number of guanidine groups is 1. The molecule has 0 unspecified atom stereocenters. The molecular weight excluding hydrogens is 380 g/mol. The Balaban J connectivity index is 1.40. The first-order valence-corrected chi connectivity index (χ1v) is 10.4. The van der Waals surface area contributed by atoms with Crippen LogP contribution in [0.5, 0.6) is 5.75 Å². The molecule has 2 aromatic rings. The number of amides is 1. The Morgan fingerprint density at radius 1 is 1.17 bits per heavy atom. The first-order chi connectivity index (χ1) is 14.6. The Kier molecular flexibility index (Phi) is 4.62. The quantitative estimate of drug-likeness (QED) is 0.815. The maximum absolute atomic E-state index is 13.1. The number of nitrogens with two attached hydrogens (primary N) is 1. The lowest BCUT2D eigenvalue weighted by molar-refractivity contribution is -0.133. The van der Waals surface area contributed by atoms with Crippen molar-refractivity contribution in [3.63, 3.8) is 0 Å². The topological polar surface area (TPSA) is 89.2 Å². The van der Waals surface area contributed by atoms with Gasteiger partial charge in [0.1, 0.15) is 11.3 Å². The van der Waals surface area contributed by atoms with Crippen LogP contribution in [0.25, 0.3) is 0 Å². The van der Waals surface area contributed by atoms with E-state index >= 15 is 0 Å². The third kappa shape index (κ3) is 3.10. The number of rotatable bonds is 4. The SMILES string of the molecule is COc1ccc(Nc2cccc3c2C[C@]32CC(=O)N(C3CCOCC3)C(N)=N2)cc1. The van der Waals surface area contributed by atoms with Crippen LogP contribution in [0.3, 0.4) is 0 Å². The highest BCUT2D eigenvalue weighted by atomic mass is 16.5. The molecular formula is C23H26N4O3. The van der Waals surface area contributed by atoms with Crippen LogP contribution >= 0.6 is 0 Å². The maximum Gasteiger partial charge on any atom is 0.232 e. The van der Waals surface area contributed by atoms with Crippen LogP contribution in [0.1, 0.15) is 30.4 Å². The number of benzene rings is 2. The van der Waals surface area contributed by atoms with Crippen molar-refractivity contribution in [1.29, 1.82) is 0 Å². The number of ether oxygens (including phenoxy) is 2. The van der Waals surface area contributed by atoms with Crippen molar-refractivity contribution in [2.75, 3.05) is 25.6 Å². The fourth-order valence-corrected chi connectivity index (χ4v) is 4.81. The van der Waals surface area contributed by atoms with Crippen LogP contribution in [0.2, 0.25) is 0 Å². The normalized spacial score (nSPS) is 23.6. The summed E-state index contributed by atoms with van der Waals surface area (Å²) < 4.78 is 10.6. The molecule has 1 atom stereocenters. The molecule has 1 spiro atoms. The smallest absolute Gasteiger partial charge is 0.232 e. The predicted molar refractivity (Wildman–Crippen MR) is 115 cm³/mol. The highest BCUT2D eigenvalue weighted by Gasteiger charge is 2.50. The molecule has 1 fully saturated rings. The van der Waals surface area contributed by atoms with Crippen molar-refractivity contribution in [3.05, 3.63) is 53.6 Å². The van der Waals surface area contributed by atoms with Crippen LogP contribution in [-0.4, -0.2) is 43.1 Å². The van der Waals surface area contributed by atoms with Crippen molar-refractivity contribution in [2.45, 2.75) is 37.3 Å². The highest BCUT2D eigenvalue weighted by molar-refractivity contribution is 6.00. The molecule has 2 aliphatic heterocycles. The number of anilines is 2. The lowest BCUT2D eigenvalue weighted by atomic mass is 9.67. The molecule has 0 saturated carbocycles. The van der Waals surface area contributed by atoms with Crippen LogP contribution in [-0.2, 0) is 21.5 Å². The van der Waals surface area contributed by atoms with Crippen molar-refractivity contribution >= 4 is 23.2 Å². The van der Waals surface area contributed by atoms with Crippen LogP contribution in [0, 0.1) is 0 Å². The average Bonchev–Trinajstić information content (AvgIpc) is 2.75. The number of nitrogens with one attached hydrogen (secondary N) is 1. The van der Waals surface area contributed by atoms with E-state index in [2.05, 4.69) is 17.4 Å². The number of carbonyl (C=O) groups excluding carboxylic acids is 1. The Bertz CT molecular complexity index is 998. The Morgan fingerprint density at radius 2 is 1.93 bits per heavy atom. The Hall–Kier alpha value is -3.06. The van der Waals surface area contributed by atoms with Crippen LogP contribution in [0.15, 0.2) is 47.5 Å². The fourth-order valence-electron chi connectivity index (χ4n) is 4.81. The number of nitrogens with zero attached hydrogens (tertiary/aromatic N) is 2. The van der Waals surface area contributed by atoms with Crippen molar-refractivity contribution < 1.29 is 14.3 Å². The minimum absolute atomic E-state index is 0.0635. The van der Waals surface area contributed by atoms with Gasteiger partial charge in [-0.25, -0.2) is 4.99 Å². The maximum atomic E-state index is 13.1. The molecule has 0 bridgehead atoms. The molecule has 7 heteroatoms. The summed E-state index contributed by atoms with van der Waals surface area (Å²) >= 11 is 0. The number of hydrogen-bond acceptors (Lipinski definition) is 6. The largest absolute Gasteiger partial charge is 0.497 e. The first-order valence-electron chi connectivity index (χ1n) is 10.4. The fraction of sp³-hybridized carbons (Fsp3) is 0.391. The second kappa shape index (κ2) is 7.32. The number of aliphatic imine (C=N–C) groups is 1. The first kappa shape index (κ1) is 18.9. The summed E-state index contributed by atoms with van der Waals surface area (Å²) in [7, 11) is 1.66. The Morgan fingerprint density at radius 3 is 2.63 bits per heavy atom. The van der Waals surface area contributed by atoms with Gasteiger partial charge in [-0.15, -0.1) is 0 Å². The van der Waals surface area contributed by atoms with Gasteiger partial charge in [-0.05, 0) is 54.3 Å². The lowest BCUT2D eigenvalue weighted by Crippen LogP contribution is -2.58. The van der Waals surface area contributed by atoms with E-state index in [1.807, 2.05) is 30.3 Å². The number of fused-ring (bicyclic) bond motifs is 2. The number of methoxy groups -OCH3 is 1. The van der Waals surface area contributed by atoms with E-state index in [0.29, 0.717) is 32.0 Å². The van der Waals surface area contributed by atoms with Gasteiger partial charge in [-0.3, -0.25) is 9.69 Å². The molecule has 3 aliphatic rings. The van der Waals surface area contributed by atoms with Gasteiger partial charge in [0.05, 0.1) is 13.5 Å². The third-order valence-electron chi connectivity index (χ3n) is 6.36. The minimum Gasteiger partial charge on any atom is -0.497 e. The van der Waals surface area contributed by atoms with Gasteiger partial charge in [0.15, 0.2) is 5.96 Å². The molecule has 1 saturated heterocycles. The minimum atomic E-state index is -0.532. The van der Waals surface area contributed by atoms with Crippen LogP contribution in [0.4, 0.5) is 11.4 Å². The van der Waals surface area contributed by atoms with Gasteiger partial charge >= 0.3 is 0 Å². The molecule has 2 aromatic carbocycles. The zero-order chi connectivity index (χ0) is 20.7. The summed E-state index contributed by atoms with van der Waals surface area (Å²) in [6.07, 6.45) is 2.68. The van der Waals surface area contributed by atoms with Gasteiger partial charge in [0.25, 0.3) is 0 Å². The monoisotopic (exact) mass is 406 g/mol. The van der Waals surface area contributed by atoms with E-state index in [1.54, 1.807) is 12.0 Å². The van der Waals surface area contributed by atoms with Crippen molar-refractivity contribution in [1.82, 2.24) is 4.90 Å². The molecule has 2 heterocycles. The van der Waals surface area contributed by atoms with Gasteiger partial charge in [0, 0.05) is 37.1 Å². The van der Waals surface area contributed by atoms with E-state index in [-0.39, 0.29) is 11.9 Å². The van der Waals surface area contributed by atoms with Crippen molar-refractivity contribution in [3.8, 4) is 5.75 Å². The summed E-state index contributed by atoms with van der Waals surface area (Å²) in [5.74, 6) is 1.23. The zero-order valence-corrected chi connectivity index (χ0v) is 17.1. The molecule has 1 amide bonds. The summed E-state index contributed by atoms with van der Waals surface area (Å²) in [6.45, 7) is 1.33. The van der Waals surface area contributed by atoms with Gasteiger partial charge in [-0.1, -0.05) is 12.1 Å². The second-order valence-corrected chi connectivity index (χ2v) is 8.15. The van der Waals surface area contributed by atoms with Gasteiger partial charge in [-0.2, -0.15) is 0 Å². The molecule has 5 rings (SSSR count). The van der Waals surface area contributed by atoms with E-state index in [4.69, 9.17) is 20.2 Å². The predicted octanol–water partition coefficient (Wildman–Crippen LogP) is 2.92. The molecule has 0 aromatic heterocycles. The average molecular weight is 406 g/mol. The molecule has 1 aliphatic carbocycles. The van der Waals surface area contributed by atoms with Crippen LogP contribution < -0.4 is 15.8 Å². The standard InChI is InChI=1S/C23H26N4O3/c1-29-17-7-5-15(6-8-17)25-20-4-2-3-19-18(20)13-23(19)14-21(28)27(22(24)26-23)16-9-11-30-12-10-16/h2-8,16,25H,9-14H2,1H3,(H2,24,26)/t23-/m0/s1. The summed E-state index contributed by atoms with van der Waals surface area (Å²) in [4.78, 5) is 19.6. The highest BCUT2D eigenvalue weighted by Crippen LogP contribution is 2.50. The molecule has 30 heavy (non-hydrogen) atoms. The number of hydrogen-bond donors (Lipinski definition) is 2. The van der Waals surface area contributed by atoms with Gasteiger partial charge < -0.3 is 20.5 Å². The van der Waals surface area contributed by atoms with Gasteiger partial charge in [0.2, 0.25) is 5.91 Å². The summed E-state index contributed by atoms with van der Waals surface area (Å²) in [5, 5.41) is 3.48. The summed E-state index contributed by atoms with van der Waals surface area (Å²) in [5.41, 5.74) is 10.1. The summed E-state index contributed by atoms with van der Waals surface area (Å²) in [6, 6.07) is 14.0. The molecule has 0 radical (unpaired) electrons. The van der Waals surface area contributed by atoms with E-state index in [0.717, 1.165) is 35.5 Å². The molecule has 3 N–H and O–H groups in total. The van der Waals surface area contributed by atoms with E-state index < -0.39 is 5.54 Å². The third-order valence-corrected chi connectivity index (χ3v) is 6.36. The van der Waals surface area contributed by atoms with Crippen molar-refractivity contribution in [2.24, 2.45) is 10.7 Å².